The van der Waals surface area contributed by atoms with Crippen LogP contribution in [-0.2, 0) is 48.5 Å². The Morgan fingerprint density at radius 1 is 0.250 bits per heavy atom. The van der Waals surface area contributed by atoms with Gasteiger partial charge in [0.2, 0.25) is 23.8 Å². The molecule has 2 aromatic carbocycles. The molecule has 4 fully saturated rings. The minimum atomic E-state index is -10.7. The molecule has 10 aromatic rings. The summed E-state index contributed by atoms with van der Waals surface area (Å²) >= 11 is 0. The number of rotatable bonds is 12. The van der Waals surface area contributed by atoms with Crippen molar-refractivity contribution >= 4 is 102 Å². The molecule has 8 aliphatic heterocycles. The van der Waals surface area contributed by atoms with Gasteiger partial charge in [0.15, 0.2) is 0 Å². The number of nitrogens with zero attached hydrogens (tertiary/aromatic N) is 20. The molecule has 0 aliphatic carbocycles. The first-order valence-electron chi connectivity index (χ1n) is 43.3. The molecule has 8 aliphatic rings. The number of aromatic carboxylic acids is 2. The van der Waals surface area contributed by atoms with Crippen molar-refractivity contribution in [2.75, 3.05) is 124 Å². The van der Waals surface area contributed by atoms with Gasteiger partial charge in [-0.2, -0.15) is 0 Å². The van der Waals surface area contributed by atoms with Gasteiger partial charge in [-0.3, -0.25) is 59.5 Å². The van der Waals surface area contributed by atoms with E-state index in [2.05, 4.69) is 95.5 Å². The molecule has 0 amide bonds. The van der Waals surface area contributed by atoms with Gasteiger partial charge in [0.1, 0.15) is 34.8 Å². The number of hydrogen-bond acceptors (Lipinski definition) is 24. The van der Waals surface area contributed by atoms with Crippen LogP contribution in [0.15, 0.2) is 227 Å². The fourth-order valence-corrected chi connectivity index (χ4v) is 14.4. The first-order valence-corrected chi connectivity index (χ1v) is 51.4. The number of carboxylic acid groups (broad SMARTS) is 2. The quantitative estimate of drug-likeness (QED) is 0.0653. The Kier molecular flexibility index (Phi) is 38.0. The van der Waals surface area contributed by atoms with Crippen molar-refractivity contribution in [2.24, 2.45) is 20.0 Å². The maximum absolute atomic E-state index is 11.1. The van der Waals surface area contributed by atoms with Crippen LogP contribution in [-0.4, -0.2) is 222 Å². The van der Waals surface area contributed by atoms with E-state index in [9.17, 15) is 120 Å². The summed E-state index contributed by atoms with van der Waals surface area (Å²) in [5, 5.41) is 18.2. The zero-order chi connectivity index (χ0) is 105. The van der Waals surface area contributed by atoms with Gasteiger partial charge >= 0.3 is 183 Å². The molecule has 0 unspecified atom stereocenters. The summed E-state index contributed by atoms with van der Waals surface area (Å²) in [5.74, 6) is 6.96. The Balaban J connectivity index is 0.000000232. The van der Waals surface area contributed by atoms with Crippen LogP contribution in [0.3, 0.4) is 0 Å². The Hall–Kier alpha value is -11.7. The van der Waals surface area contributed by atoms with Crippen LogP contribution in [0.25, 0.3) is 67.8 Å². The molecule has 0 bridgehead atoms. The average molecular weight is 2310 g/mol. The van der Waals surface area contributed by atoms with Crippen molar-refractivity contribution in [2.45, 2.75) is 79.1 Å². The van der Waals surface area contributed by atoms with E-state index < -0.39 is 43.2 Å². The fourth-order valence-electron chi connectivity index (χ4n) is 14.4. The molecule has 144 heavy (non-hydrogen) atoms. The summed E-state index contributed by atoms with van der Waals surface area (Å²) in [7, 11) is -42.6. The van der Waals surface area contributed by atoms with Crippen molar-refractivity contribution in [3.63, 3.8) is 0 Å². The maximum Gasteiger partial charge on any atom is 2.00 e. The Morgan fingerprint density at radius 3 is 0.625 bits per heavy atom. The molecule has 2 N–H and O–H groups in total. The molecule has 18 rings (SSSR count). The molecular weight excluding hydrogens is 2220 g/mol. The third-order valence-electron chi connectivity index (χ3n) is 19.5. The third-order valence-corrected chi connectivity index (χ3v) is 19.5. The standard InChI is InChI=1S/2C22H15N3O2.2C19H27N7.2C3H6O.4F6P.2Ru/c2*26-22(27)16-9-7-15(8-10-16)17-13-20(18-5-1-3-11-23-18)25-21(14-17)19-6-2-4-12-24-19;2*1-6-16(25-14-4-12-23-10-2-8-20-18(23)25)22-17(7-1)26-15-5-13-24-11-3-9-21-19(24)26;2*1-3(2)4;4*1-7(2,3,4,5)6;;/h2*1-14H,(H,26,27);2*1,6-7H,2-5,8-15H2;2*1-2H3;;;;;;/q;;;;;;4*-1;2*+2. The number of pyridine rings is 8. The molecule has 0 spiro atoms. The maximum atomic E-state index is 11.1. The number of fused-ring (bicyclic) bond motifs is 4. The number of aromatic nitrogens is 8. The minimum Gasteiger partial charge on any atom is -0.478 e. The van der Waals surface area contributed by atoms with E-state index in [4.69, 9.17) is 50.1 Å². The number of Topliss-reactive ketones (excluding diaryl/α,β-unsaturated/α-hetero) is 2. The summed E-state index contributed by atoms with van der Waals surface area (Å²) in [5.41, 5.74) is 10.1. The van der Waals surface area contributed by atoms with Crippen molar-refractivity contribution in [3.05, 3.63) is 218 Å². The smallest absolute Gasteiger partial charge is 0.478 e. The predicted octanol–water partition coefficient (Wildman–Crippen LogP) is 27.1. The first kappa shape index (κ1) is 119. The van der Waals surface area contributed by atoms with Gasteiger partial charge in [-0.05, 0) is 223 Å². The number of carbonyl (C=O) groups is 4. The number of benzene rings is 2. The molecule has 26 nitrogen and oxygen atoms in total. The largest absolute Gasteiger partial charge is 2.00 e. The average Bonchev–Trinajstić information content (AvgIpc) is 0.746. The molecule has 16 heterocycles. The molecule has 56 heteroatoms. The van der Waals surface area contributed by atoms with E-state index in [1.165, 1.54) is 27.7 Å². The van der Waals surface area contributed by atoms with Gasteiger partial charge in [-0.15, -0.1) is 0 Å². The van der Waals surface area contributed by atoms with E-state index >= 15 is 0 Å². The molecular formula is C88H96F24N20O6P4Ru2. The number of guanidine groups is 4. The van der Waals surface area contributed by atoms with E-state index in [1.54, 1.807) is 73.3 Å². The van der Waals surface area contributed by atoms with E-state index in [1.807, 2.05) is 97.1 Å². The van der Waals surface area contributed by atoms with Crippen LogP contribution in [0.5, 0.6) is 0 Å². The second-order valence-corrected chi connectivity index (χ2v) is 40.0. The zero-order valence-corrected chi connectivity index (χ0v) is 83.7. The summed E-state index contributed by atoms with van der Waals surface area (Å²) in [6.07, 6.45) is 16.2. The van der Waals surface area contributed by atoms with Crippen molar-refractivity contribution in [3.8, 4) is 67.8 Å². The Labute approximate surface area is 834 Å². The number of carboxylic acids is 2. The van der Waals surface area contributed by atoms with E-state index in [0.717, 1.165) is 271 Å². The number of carbonyl (C=O) groups excluding carboxylic acids is 2. The van der Waals surface area contributed by atoms with Crippen LogP contribution in [0, 0.1) is 0 Å². The van der Waals surface area contributed by atoms with Crippen LogP contribution in [0.1, 0.15) is 99.8 Å². The number of anilines is 4. The second-order valence-electron chi connectivity index (χ2n) is 32.3. The van der Waals surface area contributed by atoms with Crippen LogP contribution < -0.4 is 19.6 Å². The normalized spacial score (nSPS) is 17.2. The van der Waals surface area contributed by atoms with E-state index in [0.29, 0.717) is 0 Å². The molecule has 0 atom stereocenters. The second kappa shape index (κ2) is 45.9. The van der Waals surface area contributed by atoms with Crippen molar-refractivity contribution in [1.82, 2.24) is 59.5 Å². The van der Waals surface area contributed by atoms with Crippen molar-refractivity contribution in [1.29, 1.82) is 0 Å². The van der Waals surface area contributed by atoms with Crippen LogP contribution >= 0.6 is 31.2 Å². The molecule has 788 valence electrons. The molecule has 4 saturated heterocycles. The Bertz CT molecular complexity index is 5470. The zero-order valence-electron chi connectivity index (χ0n) is 76.6. The predicted molar refractivity (Wildman–Crippen MR) is 503 cm³/mol. The van der Waals surface area contributed by atoms with Crippen LogP contribution in [0.4, 0.5) is 124 Å². The summed E-state index contributed by atoms with van der Waals surface area (Å²) < 4.78 is 237. The monoisotopic (exact) mass is 2310 g/mol. The van der Waals surface area contributed by atoms with Crippen molar-refractivity contribution < 1.29 is 169 Å². The SMILES string of the molecule is CC(C)=O.CC(C)=O.F[P-](F)(F)(F)(F)F.F[P-](F)(F)(F)(F)F.F[P-](F)(F)(F)(F)F.F[P-](F)(F)(F)(F)F.O=C(O)c1ccc(-c2cc(-c3ccccn3)nc(-c3ccccn3)c2)cc1.O=C(O)c1ccc(-c2cc(-c3ccccn3)nc(-c3ccccn3)c2)cc1.[Ru+2].[Ru+2].c1cc(N2CCCN3CCCN=C32)nc(N2CCCN3CCCN=C32)c1.c1cc(N2CCCN3CCCN=C32)nc(N2CCCN3CCCN=C32)c1. The number of ketones is 2. The fraction of sp³-hybridized carbons (Fsp3) is 0.318. The molecule has 0 radical (unpaired) electrons. The topological polar surface area (TPSA) is 287 Å². The number of aliphatic imine (C=N–C) groups is 4. The van der Waals surface area contributed by atoms with Gasteiger partial charge in [-0.1, -0.05) is 60.7 Å². The van der Waals surface area contributed by atoms with Gasteiger partial charge in [0.25, 0.3) is 0 Å². The molecule has 0 saturated carbocycles. The van der Waals surface area contributed by atoms with E-state index in [-0.39, 0.29) is 61.6 Å². The summed E-state index contributed by atoms with van der Waals surface area (Å²) in [6, 6.07) is 56.8. The number of hydrogen-bond donors (Lipinski definition) is 2. The third kappa shape index (κ3) is 46.6. The Morgan fingerprint density at radius 2 is 0.444 bits per heavy atom. The number of halogens is 24. The summed E-state index contributed by atoms with van der Waals surface area (Å²) in [4.78, 5) is 116. The van der Waals surface area contributed by atoms with Gasteiger partial charge < -0.3 is 39.4 Å². The summed E-state index contributed by atoms with van der Waals surface area (Å²) in [6.45, 7) is 22.8. The first-order chi connectivity index (χ1) is 65.5. The minimum absolute atomic E-state index is 0. The van der Waals surface area contributed by atoms with Gasteiger partial charge in [0.05, 0.1) is 56.7 Å². The van der Waals surface area contributed by atoms with Gasteiger partial charge in [0, 0.05) is 130 Å². The van der Waals surface area contributed by atoms with Crippen LogP contribution in [0.2, 0.25) is 0 Å². The molecule has 8 aromatic heterocycles. The van der Waals surface area contributed by atoms with Gasteiger partial charge in [-0.25, -0.2) is 29.5 Å².